The first-order valence-electron chi connectivity index (χ1n) is 11.2. The van der Waals surface area contributed by atoms with Crippen LogP contribution in [0.3, 0.4) is 0 Å². The lowest BCUT2D eigenvalue weighted by molar-refractivity contribution is -0.148. The Kier molecular flexibility index (Phi) is 9.88. The molecular weight excluding hydrogens is 517 g/mol. The third-order valence-corrected chi connectivity index (χ3v) is 6.05. The Balaban J connectivity index is 0.00000241. The van der Waals surface area contributed by atoms with E-state index >= 15 is 0 Å². The van der Waals surface area contributed by atoms with Crippen molar-refractivity contribution in [3.63, 3.8) is 0 Å². The summed E-state index contributed by atoms with van der Waals surface area (Å²) in [6.45, 7) is 3.23. The largest absolute Gasteiger partial charge is 0.489 e. The van der Waals surface area contributed by atoms with Crippen molar-refractivity contribution in [2.45, 2.75) is 26.0 Å². The minimum absolute atomic E-state index is 0. The van der Waals surface area contributed by atoms with Gasteiger partial charge in [0, 0.05) is 24.2 Å². The molecule has 0 aliphatic carbocycles. The van der Waals surface area contributed by atoms with Crippen molar-refractivity contribution >= 4 is 64.8 Å². The molecule has 1 unspecified atom stereocenters. The zero-order valence-electron chi connectivity index (χ0n) is 20.1. The molecule has 196 valence electrons. The molecule has 1 fully saturated rings. The fourth-order valence-corrected chi connectivity index (χ4v) is 4.17. The van der Waals surface area contributed by atoms with Gasteiger partial charge in [0.15, 0.2) is 0 Å². The summed E-state index contributed by atoms with van der Waals surface area (Å²) in [5.41, 5.74) is 7.36. The van der Waals surface area contributed by atoms with Crippen molar-refractivity contribution in [1.82, 2.24) is 4.90 Å². The molecule has 11 heteroatoms. The number of carboxylic acid groups (broad SMARTS) is 1. The molecule has 3 aromatic carbocycles. The molecule has 0 spiro atoms. The molecular formula is C26H29Cl2N5O4. The van der Waals surface area contributed by atoms with Gasteiger partial charge in [-0.2, -0.15) is 0 Å². The number of ether oxygens (including phenoxy) is 1. The van der Waals surface area contributed by atoms with Crippen LogP contribution in [0.15, 0.2) is 60.7 Å². The van der Waals surface area contributed by atoms with Crippen molar-refractivity contribution in [2.24, 2.45) is 5.73 Å². The summed E-state index contributed by atoms with van der Waals surface area (Å²) in [5.74, 6) is -1.49. The average molecular weight is 546 g/mol. The van der Waals surface area contributed by atoms with Gasteiger partial charge in [-0.1, -0.05) is 24.3 Å². The minimum Gasteiger partial charge on any atom is -0.489 e. The molecule has 1 aliphatic rings. The quantitative estimate of drug-likeness (QED) is 0.209. The van der Waals surface area contributed by atoms with Crippen molar-refractivity contribution in [1.29, 1.82) is 10.8 Å². The van der Waals surface area contributed by atoms with Crippen molar-refractivity contribution in [3.8, 4) is 5.75 Å². The number of fused-ring (bicyclic) bond motifs is 1. The van der Waals surface area contributed by atoms with Crippen LogP contribution in [0.4, 0.5) is 5.69 Å². The lowest BCUT2D eigenvalue weighted by Crippen LogP contribution is -2.36. The third kappa shape index (κ3) is 6.90. The van der Waals surface area contributed by atoms with Gasteiger partial charge in [0.05, 0.1) is 18.9 Å². The zero-order chi connectivity index (χ0) is 25.1. The number of likely N-dealkylation sites (tertiary alicyclic amines) is 1. The van der Waals surface area contributed by atoms with E-state index in [4.69, 9.17) is 21.3 Å². The van der Waals surface area contributed by atoms with Crippen LogP contribution in [0.5, 0.6) is 5.75 Å². The van der Waals surface area contributed by atoms with Crippen molar-refractivity contribution in [3.05, 3.63) is 71.8 Å². The van der Waals surface area contributed by atoms with Crippen LogP contribution in [0, 0.1) is 10.8 Å². The van der Waals surface area contributed by atoms with Gasteiger partial charge in [0.1, 0.15) is 17.7 Å². The van der Waals surface area contributed by atoms with E-state index in [0.29, 0.717) is 29.4 Å². The standard InChI is InChI=1S/C26H27N5O4.2ClH/c1-16(27)30-11-10-23(15-30)35-22-8-6-21(7-9-22)31(25(32)26(33)34)14-17-2-3-18-4-5-19(24(28)29)13-20(18)12-17;;/h2-9,12-13,23,27H,10-11,14-15H2,1H3,(H3,28,29)(H,33,34);2*1H. The fraction of sp³-hybridized carbons (Fsp3) is 0.231. The lowest BCUT2D eigenvalue weighted by atomic mass is 10.0. The topological polar surface area (TPSA) is 144 Å². The van der Waals surface area contributed by atoms with Crippen LogP contribution in [0.25, 0.3) is 10.8 Å². The number of nitrogen functional groups attached to an aromatic ring is 1. The maximum absolute atomic E-state index is 12.5. The molecule has 5 N–H and O–H groups in total. The maximum atomic E-state index is 12.5. The number of rotatable bonds is 6. The van der Waals surface area contributed by atoms with Crippen LogP contribution >= 0.6 is 24.8 Å². The van der Waals surface area contributed by atoms with E-state index in [1.54, 1.807) is 43.3 Å². The van der Waals surface area contributed by atoms with Gasteiger partial charge >= 0.3 is 11.9 Å². The summed E-state index contributed by atoms with van der Waals surface area (Å²) in [6, 6.07) is 17.8. The lowest BCUT2D eigenvalue weighted by Gasteiger charge is -2.22. The Labute approximate surface area is 227 Å². The maximum Gasteiger partial charge on any atom is 0.394 e. The van der Waals surface area contributed by atoms with Crippen molar-refractivity contribution in [2.75, 3.05) is 18.0 Å². The summed E-state index contributed by atoms with van der Waals surface area (Å²) in [4.78, 5) is 27.2. The van der Waals surface area contributed by atoms with Crippen LogP contribution < -0.4 is 15.4 Å². The summed E-state index contributed by atoms with van der Waals surface area (Å²) >= 11 is 0. The number of carbonyl (C=O) groups is 2. The first kappa shape index (κ1) is 29.4. The summed E-state index contributed by atoms with van der Waals surface area (Å²) in [7, 11) is 0. The smallest absolute Gasteiger partial charge is 0.394 e. The number of benzene rings is 3. The van der Waals surface area contributed by atoms with E-state index in [1.165, 1.54) is 4.90 Å². The van der Waals surface area contributed by atoms with Crippen LogP contribution in [-0.4, -0.2) is 52.7 Å². The second kappa shape index (κ2) is 12.4. The van der Waals surface area contributed by atoms with E-state index in [-0.39, 0.29) is 43.3 Å². The molecule has 4 rings (SSSR count). The van der Waals surface area contributed by atoms with Crippen LogP contribution in [-0.2, 0) is 16.1 Å². The molecule has 1 atom stereocenters. The predicted octanol–water partition coefficient (Wildman–Crippen LogP) is 4.04. The fourth-order valence-electron chi connectivity index (χ4n) is 4.17. The highest BCUT2D eigenvalue weighted by molar-refractivity contribution is 6.37. The summed E-state index contributed by atoms with van der Waals surface area (Å²) in [6.07, 6.45) is 0.782. The normalized spacial score (nSPS) is 14.3. The Morgan fingerprint density at radius 2 is 1.73 bits per heavy atom. The van der Waals surface area contributed by atoms with E-state index in [2.05, 4.69) is 0 Å². The number of nitrogens with zero attached hydrogens (tertiary/aromatic N) is 2. The zero-order valence-corrected chi connectivity index (χ0v) is 21.8. The van der Waals surface area contributed by atoms with Gasteiger partial charge in [-0.25, -0.2) is 4.79 Å². The van der Waals surface area contributed by atoms with Crippen LogP contribution in [0.2, 0.25) is 0 Å². The molecule has 0 aromatic heterocycles. The summed E-state index contributed by atoms with van der Waals surface area (Å²) in [5, 5.41) is 26.6. The van der Waals surface area contributed by atoms with Gasteiger partial charge < -0.3 is 20.5 Å². The second-order valence-electron chi connectivity index (χ2n) is 8.56. The van der Waals surface area contributed by atoms with Gasteiger partial charge in [-0.05, 0) is 59.7 Å². The molecule has 0 saturated carbocycles. The SMILES string of the molecule is CC(=N)N1CCC(Oc2ccc(N(Cc3ccc4ccc(C(=N)N)cc4c3)C(=O)C(=O)O)cc2)C1.Cl.Cl. The van der Waals surface area contributed by atoms with Gasteiger partial charge in [-0.3, -0.25) is 20.5 Å². The number of nitrogens with two attached hydrogens (primary N) is 1. The average Bonchev–Trinajstić information content (AvgIpc) is 3.31. The number of anilines is 1. The number of carboxylic acids is 1. The van der Waals surface area contributed by atoms with E-state index < -0.39 is 11.9 Å². The van der Waals surface area contributed by atoms with E-state index in [0.717, 1.165) is 29.3 Å². The third-order valence-electron chi connectivity index (χ3n) is 6.05. The number of amidine groups is 2. The molecule has 1 aliphatic heterocycles. The molecule has 3 aromatic rings. The Morgan fingerprint density at radius 3 is 2.32 bits per heavy atom. The highest BCUT2D eigenvalue weighted by Crippen LogP contribution is 2.25. The monoisotopic (exact) mass is 545 g/mol. The van der Waals surface area contributed by atoms with Crippen LogP contribution in [0.1, 0.15) is 24.5 Å². The Hall–Kier alpha value is -3.82. The molecule has 1 heterocycles. The number of halogens is 2. The highest BCUT2D eigenvalue weighted by atomic mass is 35.5. The number of hydrogen-bond acceptors (Lipinski definition) is 5. The highest BCUT2D eigenvalue weighted by Gasteiger charge is 2.25. The first-order chi connectivity index (χ1) is 16.7. The number of aliphatic carboxylic acids is 1. The van der Waals surface area contributed by atoms with E-state index in [9.17, 15) is 14.7 Å². The number of nitrogens with one attached hydrogen (secondary N) is 2. The summed E-state index contributed by atoms with van der Waals surface area (Å²) < 4.78 is 6.01. The van der Waals surface area contributed by atoms with Gasteiger partial charge in [-0.15, -0.1) is 24.8 Å². The van der Waals surface area contributed by atoms with Crippen molar-refractivity contribution < 1.29 is 19.4 Å². The number of carbonyl (C=O) groups excluding carboxylic acids is 1. The first-order valence-corrected chi connectivity index (χ1v) is 11.2. The molecule has 0 bridgehead atoms. The molecule has 37 heavy (non-hydrogen) atoms. The molecule has 9 nitrogen and oxygen atoms in total. The number of amides is 1. The van der Waals surface area contributed by atoms with Gasteiger partial charge in [0.2, 0.25) is 0 Å². The Bertz CT molecular complexity index is 1320. The molecule has 1 amide bonds. The molecule has 1 saturated heterocycles. The Morgan fingerprint density at radius 1 is 1.05 bits per heavy atom. The molecule has 0 radical (unpaired) electrons. The predicted molar refractivity (Wildman–Crippen MR) is 149 cm³/mol. The number of hydrogen-bond donors (Lipinski definition) is 4. The van der Waals surface area contributed by atoms with Gasteiger partial charge in [0.25, 0.3) is 0 Å². The second-order valence-corrected chi connectivity index (χ2v) is 8.56. The van der Waals surface area contributed by atoms with E-state index in [1.807, 2.05) is 29.2 Å². The minimum atomic E-state index is -1.54.